The van der Waals surface area contributed by atoms with E-state index in [0.29, 0.717) is 6.04 Å². The highest BCUT2D eigenvalue weighted by atomic mass is 35.5. The van der Waals surface area contributed by atoms with Crippen LogP contribution in [0.4, 0.5) is 0 Å². The van der Waals surface area contributed by atoms with Gasteiger partial charge in [0, 0.05) is 12.3 Å². The lowest BCUT2D eigenvalue weighted by Crippen LogP contribution is -2.23. The molecule has 1 nitrogen and oxygen atoms in total. The second-order valence-corrected chi connectivity index (χ2v) is 5.83. The van der Waals surface area contributed by atoms with Gasteiger partial charge in [-0.05, 0) is 18.3 Å². The minimum atomic E-state index is 0.0597. The van der Waals surface area contributed by atoms with E-state index in [1.807, 2.05) is 6.21 Å². The van der Waals surface area contributed by atoms with Crippen molar-refractivity contribution < 1.29 is 0 Å². The normalized spacial score (nSPS) is 22.9. The van der Waals surface area contributed by atoms with Gasteiger partial charge in [0.2, 0.25) is 0 Å². The monoisotopic (exact) mass is 215 g/mol. The fourth-order valence-electron chi connectivity index (χ4n) is 1.65. The Labute approximate surface area is 92.9 Å². The average molecular weight is 216 g/mol. The summed E-state index contributed by atoms with van der Waals surface area (Å²) < 4.78 is 0. The quantitative estimate of drug-likeness (QED) is 0.487. The maximum atomic E-state index is 6.23. The van der Waals surface area contributed by atoms with Gasteiger partial charge in [0.15, 0.2) is 0 Å². The fraction of sp³-hybridized carbons (Fsp3) is 0.917. The summed E-state index contributed by atoms with van der Waals surface area (Å²) in [5, 5.41) is 0.0597. The van der Waals surface area contributed by atoms with Gasteiger partial charge in [0.25, 0.3) is 0 Å². The zero-order valence-electron chi connectivity index (χ0n) is 9.59. The summed E-state index contributed by atoms with van der Waals surface area (Å²) in [6.07, 6.45) is 8.52. The van der Waals surface area contributed by atoms with Gasteiger partial charge in [-0.2, -0.15) is 0 Å². The number of hydrogen-bond donors (Lipinski definition) is 0. The highest BCUT2D eigenvalue weighted by Gasteiger charge is 2.20. The van der Waals surface area contributed by atoms with Crippen molar-refractivity contribution in [2.45, 2.75) is 64.3 Å². The first kappa shape index (κ1) is 12.0. The molecule has 0 radical (unpaired) electrons. The Bertz CT molecular complexity index is 187. The molecule has 0 bridgehead atoms. The first-order valence-corrected chi connectivity index (χ1v) is 6.11. The van der Waals surface area contributed by atoms with Crippen molar-refractivity contribution in [1.29, 1.82) is 0 Å². The lowest BCUT2D eigenvalue weighted by Gasteiger charge is -2.23. The smallest absolute Gasteiger partial charge is 0.0732 e. The van der Waals surface area contributed by atoms with Gasteiger partial charge < -0.3 is 0 Å². The molecule has 1 atom stereocenters. The number of hydrogen-bond acceptors (Lipinski definition) is 1. The van der Waals surface area contributed by atoms with Gasteiger partial charge in [0.05, 0.1) is 5.38 Å². The molecule has 2 heteroatoms. The second-order valence-electron chi connectivity index (χ2n) is 5.36. The van der Waals surface area contributed by atoms with Gasteiger partial charge in [0.1, 0.15) is 0 Å². The van der Waals surface area contributed by atoms with E-state index in [0.717, 1.165) is 0 Å². The number of rotatable bonds is 2. The third-order valence-corrected chi connectivity index (χ3v) is 3.60. The van der Waals surface area contributed by atoms with Crippen molar-refractivity contribution >= 4 is 17.8 Å². The van der Waals surface area contributed by atoms with E-state index in [1.54, 1.807) is 0 Å². The molecule has 0 aromatic heterocycles. The molecule has 82 valence electrons. The molecule has 14 heavy (non-hydrogen) atoms. The van der Waals surface area contributed by atoms with Crippen molar-refractivity contribution in [2.75, 3.05) is 0 Å². The first-order valence-electron chi connectivity index (χ1n) is 5.67. The molecule has 1 fully saturated rings. The Morgan fingerprint density at radius 1 is 1.21 bits per heavy atom. The summed E-state index contributed by atoms with van der Waals surface area (Å²) in [5.74, 6) is 0. The maximum Gasteiger partial charge on any atom is 0.0732 e. The van der Waals surface area contributed by atoms with Gasteiger partial charge >= 0.3 is 0 Å². The summed E-state index contributed by atoms with van der Waals surface area (Å²) in [7, 11) is 0. The molecule has 0 heterocycles. The lowest BCUT2D eigenvalue weighted by molar-refractivity contribution is 0.430. The maximum absolute atomic E-state index is 6.23. The van der Waals surface area contributed by atoms with Crippen LogP contribution in [0.3, 0.4) is 0 Å². The highest BCUT2D eigenvalue weighted by Crippen LogP contribution is 2.24. The van der Waals surface area contributed by atoms with Crippen molar-refractivity contribution in [1.82, 2.24) is 0 Å². The molecule has 1 aliphatic rings. The first-order chi connectivity index (χ1) is 6.50. The molecule has 1 aliphatic carbocycles. The van der Waals surface area contributed by atoms with Crippen molar-refractivity contribution in [3.8, 4) is 0 Å². The minimum Gasteiger partial charge on any atom is -0.293 e. The summed E-state index contributed by atoms with van der Waals surface area (Å²) in [4.78, 5) is 4.59. The predicted molar refractivity (Wildman–Crippen MR) is 64.5 cm³/mol. The van der Waals surface area contributed by atoms with Crippen LogP contribution in [0.25, 0.3) is 0 Å². The van der Waals surface area contributed by atoms with E-state index in [2.05, 4.69) is 25.8 Å². The molecule has 1 unspecified atom stereocenters. The van der Waals surface area contributed by atoms with Crippen LogP contribution in [0.1, 0.15) is 52.9 Å². The molecule has 0 aliphatic heterocycles. The molecule has 1 rings (SSSR count). The van der Waals surface area contributed by atoms with Crippen LogP contribution in [-0.2, 0) is 0 Å². The molecule has 0 N–H and O–H groups in total. The van der Waals surface area contributed by atoms with E-state index in [-0.39, 0.29) is 10.8 Å². The van der Waals surface area contributed by atoms with Crippen LogP contribution in [0.2, 0.25) is 0 Å². The second kappa shape index (κ2) is 5.16. The Hall–Kier alpha value is -0.0400. The Morgan fingerprint density at radius 2 is 1.79 bits per heavy atom. The highest BCUT2D eigenvalue weighted by molar-refractivity contribution is 6.28. The fourth-order valence-corrected chi connectivity index (χ4v) is 1.72. The summed E-state index contributed by atoms with van der Waals surface area (Å²) in [5.41, 5.74) is 0.125. The van der Waals surface area contributed by atoms with Crippen molar-refractivity contribution in [2.24, 2.45) is 10.4 Å². The topological polar surface area (TPSA) is 12.4 Å². The van der Waals surface area contributed by atoms with E-state index >= 15 is 0 Å². The Kier molecular flexibility index (Phi) is 4.43. The molecule has 0 saturated heterocycles. The Morgan fingerprint density at radius 3 is 2.29 bits per heavy atom. The van der Waals surface area contributed by atoms with Gasteiger partial charge in [-0.3, -0.25) is 4.99 Å². The molecular formula is C12H22ClN. The van der Waals surface area contributed by atoms with Crippen LogP contribution >= 0.6 is 11.6 Å². The number of halogens is 1. The summed E-state index contributed by atoms with van der Waals surface area (Å²) >= 11 is 6.23. The standard InChI is InChI=1S/C12H22ClN/c1-12(2,3)11(13)9-14-10-7-5-4-6-8-10/h9-11H,4-8H2,1-3H3. The molecule has 0 aromatic rings. The van der Waals surface area contributed by atoms with Crippen LogP contribution < -0.4 is 0 Å². The Balaban J connectivity index is 2.38. The van der Waals surface area contributed by atoms with E-state index in [4.69, 9.17) is 11.6 Å². The van der Waals surface area contributed by atoms with Crippen molar-refractivity contribution in [3.63, 3.8) is 0 Å². The van der Waals surface area contributed by atoms with Gasteiger partial charge in [-0.15, -0.1) is 11.6 Å². The third-order valence-electron chi connectivity index (χ3n) is 2.83. The summed E-state index contributed by atoms with van der Waals surface area (Å²) in [6, 6.07) is 0.548. The molecule has 0 amide bonds. The lowest BCUT2D eigenvalue weighted by atomic mass is 9.92. The number of alkyl halides is 1. The SMILES string of the molecule is CC(C)(C)C(Cl)C=NC1CCCCC1. The average Bonchev–Trinajstić information content (AvgIpc) is 2.14. The van der Waals surface area contributed by atoms with Crippen LogP contribution in [0.15, 0.2) is 4.99 Å². The van der Waals surface area contributed by atoms with E-state index in [9.17, 15) is 0 Å². The number of aliphatic imine (C=N–C) groups is 1. The third kappa shape index (κ3) is 4.00. The van der Waals surface area contributed by atoms with Crippen molar-refractivity contribution in [3.05, 3.63) is 0 Å². The summed E-state index contributed by atoms with van der Waals surface area (Å²) in [6.45, 7) is 6.45. The van der Waals surface area contributed by atoms with Crippen LogP contribution in [0.5, 0.6) is 0 Å². The minimum absolute atomic E-state index is 0.0597. The van der Waals surface area contributed by atoms with Gasteiger partial charge in [-0.25, -0.2) is 0 Å². The zero-order valence-corrected chi connectivity index (χ0v) is 10.3. The van der Waals surface area contributed by atoms with Gasteiger partial charge in [-0.1, -0.05) is 40.0 Å². The predicted octanol–water partition coefficient (Wildman–Crippen LogP) is 4.04. The molecule has 0 aromatic carbocycles. The van der Waals surface area contributed by atoms with E-state index in [1.165, 1.54) is 32.1 Å². The zero-order chi connectivity index (χ0) is 10.6. The molecule has 0 spiro atoms. The molecule has 1 saturated carbocycles. The number of nitrogens with zero attached hydrogens (tertiary/aromatic N) is 1. The van der Waals surface area contributed by atoms with E-state index < -0.39 is 0 Å². The van der Waals surface area contributed by atoms with Crippen LogP contribution in [0, 0.1) is 5.41 Å². The molecular weight excluding hydrogens is 194 g/mol. The largest absolute Gasteiger partial charge is 0.293 e. The van der Waals surface area contributed by atoms with Crippen LogP contribution in [-0.4, -0.2) is 17.6 Å².